The molecular weight excluding hydrogens is 308 g/mol. The molecule has 0 N–H and O–H groups in total. The van der Waals surface area contributed by atoms with Gasteiger partial charge in [-0.1, -0.05) is 12.1 Å². The van der Waals surface area contributed by atoms with E-state index in [-0.39, 0.29) is 30.9 Å². The fourth-order valence-corrected chi connectivity index (χ4v) is 2.86. The number of hydrogen-bond acceptors (Lipinski definition) is 4. The van der Waals surface area contributed by atoms with Crippen LogP contribution in [-0.2, 0) is 9.53 Å². The van der Waals surface area contributed by atoms with Crippen molar-refractivity contribution in [3.63, 3.8) is 0 Å². The van der Waals surface area contributed by atoms with Crippen molar-refractivity contribution < 1.29 is 19.1 Å². The quantitative estimate of drug-likeness (QED) is 0.716. The number of amides is 3. The summed E-state index contributed by atoms with van der Waals surface area (Å²) in [5, 5.41) is 0. The van der Waals surface area contributed by atoms with Gasteiger partial charge in [0.15, 0.2) is 0 Å². The molecule has 6 nitrogen and oxygen atoms in total. The zero-order valence-electron chi connectivity index (χ0n) is 14.7. The molecule has 0 aliphatic carbocycles. The molecule has 1 aromatic rings. The van der Waals surface area contributed by atoms with Gasteiger partial charge in [0.05, 0.1) is 23.3 Å². The van der Waals surface area contributed by atoms with E-state index >= 15 is 0 Å². The topological polar surface area (TPSA) is 66.9 Å². The van der Waals surface area contributed by atoms with E-state index in [4.69, 9.17) is 4.74 Å². The van der Waals surface area contributed by atoms with E-state index in [0.29, 0.717) is 24.2 Å². The summed E-state index contributed by atoms with van der Waals surface area (Å²) in [7, 11) is 0. The van der Waals surface area contributed by atoms with Gasteiger partial charge in [0.1, 0.15) is 6.61 Å². The maximum atomic E-state index is 12.5. The Hall–Kier alpha value is -2.21. The van der Waals surface area contributed by atoms with Crippen LogP contribution in [0.4, 0.5) is 0 Å². The molecule has 0 radical (unpaired) electrons. The molecule has 0 atom stereocenters. The first-order valence-corrected chi connectivity index (χ1v) is 8.17. The molecule has 130 valence electrons. The molecule has 0 saturated carbocycles. The summed E-state index contributed by atoms with van der Waals surface area (Å²) in [6.07, 6.45) is 0. The maximum absolute atomic E-state index is 12.5. The molecule has 0 saturated heterocycles. The SMILES string of the molecule is CCN(CC)C(=O)COCC(C)(C)N1C(=O)c2ccccc2C1=O. The molecule has 1 aromatic carbocycles. The van der Waals surface area contributed by atoms with Crippen molar-refractivity contribution in [2.45, 2.75) is 33.2 Å². The minimum absolute atomic E-state index is 0.0612. The normalized spacial score (nSPS) is 14.1. The number of nitrogens with zero attached hydrogens (tertiary/aromatic N) is 2. The number of ether oxygens (including phenoxy) is 1. The predicted octanol–water partition coefficient (Wildman–Crippen LogP) is 1.95. The van der Waals surface area contributed by atoms with Crippen molar-refractivity contribution in [1.29, 1.82) is 0 Å². The Balaban J connectivity index is 2.03. The van der Waals surface area contributed by atoms with Crippen molar-refractivity contribution in [3.8, 4) is 0 Å². The van der Waals surface area contributed by atoms with E-state index < -0.39 is 5.54 Å². The summed E-state index contributed by atoms with van der Waals surface area (Å²) in [6.45, 7) is 8.63. The van der Waals surface area contributed by atoms with Crippen LogP contribution in [0.15, 0.2) is 24.3 Å². The van der Waals surface area contributed by atoms with Gasteiger partial charge in [0.2, 0.25) is 5.91 Å². The second kappa shape index (κ2) is 7.13. The molecule has 0 aromatic heterocycles. The van der Waals surface area contributed by atoms with Crippen LogP contribution in [0.3, 0.4) is 0 Å². The van der Waals surface area contributed by atoms with Crippen molar-refractivity contribution in [1.82, 2.24) is 9.80 Å². The van der Waals surface area contributed by atoms with Crippen LogP contribution < -0.4 is 0 Å². The highest BCUT2D eigenvalue weighted by Crippen LogP contribution is 2.29. The molecule has 0 fully saturated rings. The monoisotopic (exact) mass is 332 g/mol. The average molecular weight is 332 g/mol. The Kier molecular flexibility index (Phi) is 5.39. The van der Waals surface area contributed by atoms with Crippen LogP contribution in [0.5, 0.6) is 0 Å². The Morgan fingerprint density at radius 1 is 1.08 bits per heavy atom. The van der Waals surface area contributed by atoms with E-state index in [2.05, 4.69) is 0 Å². The Labute approximate surface area is 142 Å². The highest BCUT2D eigenvalue weighted by molar-refractivity contribution is 6.21. The highest BCUT2D eigenvalue weighted by Gasteiger charge is 2.44. The van der Waals surface area contributed by atoms with E-state index in [9.17, 15) is 14.4 Å². The van der Waals surface area contributed by atoms with Gasteiger partial charge in [-0.25, -0.2) is 0 Å². The molecule has 0 unspecified atom stereocenters. The van der Waals surface area contributed by atoms with Gasteiger partial charge in [-0.3, -0.25) is 19.3 Å². The van der Waals surface area contributed by atoms with E-state index in [1.807, 2.05) is 13.8 Å². The van der Waals surface area contributed by atoms with Gasteiger partial charge in [0, 0.05) is 13.1 Å². The summed E-state index contributed by atoms with van der Waals surface area (Å²) < 4.78 is 5.52. The first-order chi connectivity index (χ1) is 11.3. The van der Waals surface area contributed by atoms with Crippen LogP contribution >= 0.6 is 0 Å². The Morgan fingerprint density at radius 2 is 1.58 bits per heavy atom. The van der Waals surface area contributed by atoms with Gasteiger partial charge in [-0.15, -0.1) is 0 Å². The molecular formula is C18H24N2O4. The summed E-state index contributed by atoms with van der Waals surface area (Å²) in [4.78, 5) is 39.9. The third-order valence-corrected chi connectivity index (χ3v) is 4.20. The second-order valence-corrected chi connectivity index (χ2v) is 6.36. The molecule has 0 bridgehead atoms. The summed E-state index contributed by atoms with van der Waals surface area (Å²) in [5.74, 6) is -0.739. The lowest BCUT2D eigenvalue weighted by Crippen LogP contribution is -2.51. The minimum Gasteiger partial charge on any atom is -0.369 e. The first-order valence-electron chi connectivity index (χ1n) is 8.17. The number of benzene rings is 1. The standard InChI is InChI=1S/C18H24N2O4/c1-5-19(6-2)15(21)11-24-12-18(3,4)20-16(22)13-9-7-8-10-14(13)17(20)23/h7-10H,5-6,11-12H2,1-4H3. The van der Waals surface area contributed by atoms with Crippen LogP contribution in [0, 0.1) is 0 Å². The Bertz CT molecular complexity index is 615. The van der Waals surface area contributed by atoms with Crippen molar-refractivity contribution in [2.24, 2.45) is 0 Å². The number of fused-ring (bicyclic) bond motifs is 1. The first kappa shape index (κ1) is 18.1. The third kappa shape index (κ3) is 3.33. The Morgan fingerprint density at radius 3 is 2.04 bits per heavy atom. The molecule has 2 rings (SSSR count). The largest absolute Gasteiger partial charge is 0.369 e. The third-order valence-electron chi connectivity index (χ3n) is 4.20. The van der Waals surface area contributed by atoms with Gasteiger partial charge in [-0.05, 0) is 39.8 Å². The van der Waals surface area contributed by atoms with Crippen LogP contribution in [0.1, 0.15) is 48.4 Å². The number of carbonyl (C=O) groups is 3. The number of hydrogen-bond donors (Lipinski definition) is 0. The lowest BCUT2D eigenvalue weighted by atomic mass is 10.0. The molecule has 1 heterocycles. The molecule has 24 heavy (non-hydrogen) atoms. The molecule has 1 aliphatic rings. The predicted molar refractivity (Wildman–Crippen MR) is 89.8 cm³/mol. The highest BCUT2D eigenvalue weighted by atomic mass is 16.5. The number of imide groups is 1. The number of rotatable bonds is 7. The molecule has 3 amide bonds. The molecule has 6 heteroatoms. The van der Waals surface area contributed by atoms with Gasteiger partial charge < -0.3 is 9.64 Å². The van der Waals surface area contributed by atoms with Crippen LogP contribution in [0.2, 0.25) is 0 Å². The maximum Gasteiger partial charge on any atom is 0.262 e. The number of likely N-dealkylation sites (N-methyl/N-ethyl adjacent to an activating group) is 1. The zero-order valence-corrected chi connectivity index (χ0v) is 14.7. The minimum atomic E-state index is -0.837. The van der Waals surface area contributed by atoms with Crippen molar-refractivity contribution in [2.75, 3.05) is 26.3 Å². The van der Waals surface area contributed by atoms with Gasteiger partial charge in [0.25, 0.3) is 11.8 Å². The van der Waals surface area contributed by atoms with Crippen molar-refractivity contribution in [3.05, 3.63) is 35.4 Å². The summed E-state index contributed by atoms with van der Waals surface area (Å²) in [5.41, 5.74) is -0.0129. The molecule has 0 spiro atoms. The van der Waals surface area contributed by atoms with E-state index in [1.54, 1.807) is 43.0 Å². The van der Waals surface area contributed by atoms with Crippen LogP contribution in [0.25, 0.3) is 0 Å². The zero-order chi connectivity index (χ0) is 17.9. The smallest absolute Gasteiger partial charge is 0.262 e. The molecule has 1 aliphatic heterocycles. The summed E-state index contributed by atoms with van der Waals surface area (Å²) >= 11 is 0. The van der Waals surface area contributed by atoms with Crippen molar-refractivity contribution >= 4 is 17.7 Å². The van der Waals surface area contributed by atoms with E-state index in [0.717, 1.165) is 0 Å². The number of carbonyl (C=O) groups excluding carboxylic acids is 3. The summed E-state index contributed by atoms with van der Waals surface area (Å²) in [6, 6.07) is 6.77. The second-order valence-electron chi connectivity index (χ2n) is 6.36. The average Bonchev–Trinajstić information content (AvgIpc) is 2.81. The fraction of sp³-hybridized carbons (Fsp3) is 0.500. The fourth-order valence-electron chi connectivity index (χ4n) is 2.86. The van der Waals surface area contributed by atoms with Gasteiger partial charge >= 0.3 is 0 Å². The van der Waals surface area contributed by atoms with Gasteiger partial charge in [-0.2, -0.15) is 0 Å². The lowest BCUT2D eigenvalue weighted by Gasteiger charge is -2.33. The van der Waals surface area contributed by atoms with Crippen LogP contribution in [-0.4, -0.2) is 59.4 Å². The lowest BCUT2D eigenvalue weighted by molar-refractivity contribution is -0.136. The van der Waals surface area contributed by atoms with E-state index in [1.165, 1.54) is 4.90 Å².